The first-order valence-electron chi connectivity index (χ1n) is 8.40. The van der Waals surface area contributed by atoms with Gasteiger partial charge in [-0.05, 0) is 53.0 Å². The highest BCUT2D eigenvalue weighted by Gasteiger charge is 2.28. The summed E-state index contributed by atoms with van der Waals surface area (Å²) in [6.07, 6.45) is 0.818. The van der Waals surface area contributed by atoms with E-state index in [0.29, 0.717) is 19.4 Å². The van der Waals surface area contributed by atoms with Gasteiger partial charge < -0.3 is 31.3 Å². The molecule has 0 radical (unpaired) electrons. The molecule has 0 bridgehead atoms. The fourth-order valence-electron chi connectivity index (χ4n) is 2.00. The minimum Gasteiger partial charge on any atom is -0.481 e. The number of aliphatic carboxylic acids is 2. The zero-order chi connectivity index (χ0) is 20.3. The Labute approximate surface area is 152 Å². The molecule has 0 aliphatic heterocycles. The number of nitrogens with one attached hydrogen (secondary N) is 2. The number of hydrogen-bond acceptors (Lipinski definition) is 6. The molecule has 0 saturated carbocycles. The van der Waals surface area contributed by atoms with E-state index in [1.165, 1.54) is 0 Å². The van der Waals surface area contributed by atoms with Crippen molar-refractivity contribution >= 4 is 23.9 Å². The average molecular weight is 375 g/mol. The second-order valence-corrected chi connectivity index (χ2v) is 6.81. The van der Waals surface area contributed by atoms with Crippen molar-refractivity contribution in [2.24, 2.45) is 5.73 Å². The van der Waals surface area contributed by atoms with Crippen LogP contribution in [0.25, 0.3) is 0 Å². The van der Waals surface area contributed by atoms with Crippen LogP contribution in [0.2, 0.25) is 0 Å². The summed E-state index contributed by atoms with van der Waals surface area (Å²) in [6.45, 7) is 5.50. The zero-order valence-electron chi connectivity index (χ0n) is 15.4. The van der Waals surface area contributed by atoms with Gasteiger partial charge in [0.25, 0.3) is 0 Å². The number of amides is 2. The lowest BCUT2D eigenvalue weighted by Crippen LogP contribution is -2.52. The molecule has 0 aliphatic rings. The van der Waals surface area contributed by atoms with E-state index in [-0.39, 0.29) is 12.8 Å². The van der Waals surface area contributed by atoms with Crippen molar-refractivity contribution in [2.45, 2.75) is 70.6 Å². The van der Waals surface area contributed by atoms with Gasteiger partial charge in [-0.25, -0.2) is 14.4 Å². The lowest BCUT2D eigenvalue weighted by molar-refractivity contribution is -0.157. The molecule has 26 heavy (non-hydrogen) atoms. The molecule has 0 rings (SSSR count). The Kier molecular flexibility index (Phi) is 10.3. The van der Waals surface area contributed by atoms with Gasteiger partial charge in [0.15, 0.2) is 0 Å². The van der Waals surface area contributed by atoms with Crippen molar-refractivity contribution in [2.75, 3.05) is 6.54 Å². The molecule has 10 nitrogen and oxygen atoms in total. The van der Waals surface area contributed by atoms with Crippen molar-refractivity contribution in [1.82, 2.24) is 10.6 Å². The third-order valence-electron chi connectivity index (χ3n) is 3.19. The van der Waals surface area contributed by atoms with Crippen molar-refractivity contribution in [3.05, 3.63) is 0 Å². The second-order valence-electron chi connectivity index (χ2n) is 6.81. The van der Waals surface area contributed by atoms with Gasteiger partial charge >= 0.3 is 23.9 Å². The molecule has 0 fully saturated rings. The summed E-state index contributed by atoms with van der Waals surface area (Å²) in [6, 6.07) is -3.23. The van der Waals surface area contributed by atoms with Crippen LogP contribution in [0, 0.1) is 0 Å². The van der Waals surface area contributed by atoms with Crippen LogP contribution in [-0.2, 0) is 19.1 Å². The van der Waals surface area contributed by atoms with Crippen LogP contribution in [0.1, 0.15) is 52.9 Å². The number of esters is 1. The molecular weight excluding hydrogens is 346 g/mol. The molecule has 2 atom stereocenters. The Morgan fingerprint density at radius 3 is 2.04 bits per heavy atom. The quantitative estimate of drug-likeness (QED) is 0.256. The van der Waals surface area contributed by atoms with Crippen LogP contribution in [0.5, 0.6) is 0 Å². The van der Waals surface area contributed by atoms with E-state index in [1.54, 1.807) is 20.8 Å². The van der Waals surface area contributed by atoms with Gasteiger partial charge in [0, 0.05) is 6.42 Å². The normalized spacial score (nSPS) is 13.4. The first-order chi connectivity index (χ1) is 12.0. The third-order valence-corrected chi connectivity index (χ3v) is 3.19. The molecular formula is C16H29N3O7. The number of nitrogens with two attached hydrogens (primary N) is 1. The lowest BCUT2D eigenvalue weighted by atomic mass is 10.1. The zero-order valence-corrected chi connectivity index (χ0v) is 15.4. The predicted octanol–water partition coefficient (Wildman–Crippen LogP) is 0.443. The van der Waals surface area contributed by atoms with Crippen LogP contribution in [0.3, 0.4) is 0 Å². The Morgan fingerprint density at radius 1 is 1.00 bits per heavy atom. The fourth-order valence-corrected chi connectivity index (χ4v) is 2.00. The Balaban J connectivity index is 4.88. The van der Waals surface area contributed by atoms with Crippen LogP contribution in [-0.4, -0.2) is 58.4 Å². The summed E-state index contributed by atoms with van der Waals surface area (Å²) in [5.74, 6) is -3.17. The number of urea groups is 1. The molecule has 0 heterocycles. The summed E-state index contributed by atoms with van der Waals surface area (Å²) in [7, 11) is 0. The lowest BCUT2D eigenvalue weighted by Gasteiger charge is -2.25. The van der Waals surface area contributed by atoms with Crippen LogP contribution in [0.4, 0.5) is 4.79 Å². The number of ether oxygens (including phenoxy) is 1. The number of rotatable bonds is 11. The van der Waals surface area contributed by atoms with Crippen LogP contribution < -0.4 is 16.4 Å². The fraction of sp³-hybridized carbons (Fsp3) is 0.750. The second kappa shape index (κ2) is 11.3. The maximum Gasteiger partial charge on any atom is 0.329 e. The average Bonchev–Trinajstić information content (AvgIpc) is 2.48. The molecule has 0 aromatic carbocycles. The molecule has 0 saturated heterocycles. The SMILES string of the molecule is CC(C)(C)OC(=O)[C@H](CCCCN)NC(=O)NC(CCC(=O)O)C(=O)O. The maximum absolute atomic E-state index is 12.2. The number of carbonyl (C=O) groups excluding carboxylic acids is 2. The Morgan fingerprint density at radius 2 is 1.58 bits per heavy atom. The van der Waals surface area contributed by atoms with E-state index in [1.807, 2.05) is 0 Å². The largest absolute Gasteiger partial charge is 0.481 e. The van der Waals surface area contributed by atoms with Gasteiger partial charge in [-0.1, -0.05) is 0 Å². The number of hydrogen-bond donors (Lipinski definition) is 5. The number of carboxylic acids is 2. The third kappa shape index (κ3) is 11.2. The predicted molar refractivity (Wildman–Crippen MR) is 92.5 cm³/mol. The van der Waals surface area contributed by atoms with E-state index < -0.39 is 48.0 Å². The van der Waals surface area contributed by atoms with Gasteiger partial charge in [-0.15, -0.1) is 0 Å². The highest BCUT2D eigenvalue weighted by molar-refractivity contribution is 5.86. The van der Waals surface area contributed by atoms with Gasteiger partial charge in [0.1, 0.15) is 17.7 Å². The summed E-state index contributed by atoms with van der Waals surface area (Å²) >= 11 is 0. The Bertz CT molecular complexity index is 503. The van der Waals surface area contributed by atoms with Crippen LogP contribution >= 0.6 is 0 Å². The smallest absolute Gasteiger partial charge is 0.329 e. The molecule has 150 valence electrons. The van der Waals surface area contributed by atoms with Crippen molar-refractivity contribution in [3.8, 4) is 0 Å². The molecule has 10 heteroatoms. The standard InChI is InChI=1S/C16H29N3O7/c1-16(2,3)26-14(24)11(6-4-5-9-17)19-15(25)18-10(13(22)23)7-8-12(20)21/h10-11H,4-9,17H2,1-3H3,(H,20,21)(H,22,23)(H2,18,19,25)/t10?,11-/m0/s1. The monoisotopic (exact) mass is 375 g/mol. The molecule has 2 amide bonds. The molecule has 0 aromatic heterocycles. The highest BCUT2D eigenvalue weighted by atomic mass is 16.6. The topological polar surface area (TPSA) is 168 Å². The van der Waals surface area contributed by atoms with Crippen molar-refractivity contribution < 1.29 is 34.1 Å². The summed E-state index contributed by atoms with van der Waals surface area (Å²) < 4.78 is 5.26. The minimum absolute atomic E-state index is 0.275. The molecule has 0 aromatic rings. The van der Waals surface area contributed by atoms with E-state index in [2.05, 4.69) is 10.6 Å². The number of unbranched alkanes of at least 4 members (excludes halogenated alkanes) is 1. The number of carboxylic acid groups (broad SMARTS) is 2. The van der Waals surface area contributed by atoms with Crippen molar-refractivity contribution in [3.63, 3.8) is 0 Å². The van der Waals surface area contributed by atoms with E-state index in [0.717, 1.165) is 0 Å². The first-order valence-corrected chi connectivity index (χ1v) is 8.40. The maximum atomic E-state index is 12.2. The van der Waals surface area contributed by atoms with Crippen LogP contribution in [0.15, 0.2) is 0 Å². The van der Waals surface area contributed by atoms with Gasteiger partial charge in [0.05, 0.1) is 0 Å². The molecule has 0 spiro atoms. The summed E-state index contributed by atoms with van der Waals surface area (Å²) in [4.78, 5) is 46.0. The minimum atomic E-state index is -1.38. The highest BCUT2D eigenvalue weighted by Crippen LogP contribution is 2.11. The van der Waals surface area contributed by atoms with E-state index >= 15 is 0 Å². The summed E-state index contributed by atoms with van der Waals surface area (Å²) in [5, 5.41) is 22.3. The van der Waals surface area contributed by atoms with Gasteiger partial charge in [0.2, 0.25) is 0 Å². The van der Waals surface area contributed by atoms with E-state index in [4.69, 9.17) is 20.7 Å². The molecule has 6 N–H and O–H groups in total. The molecule has 1 unspecified atom stereocenters. The summed E-state index contributed by atoms with van der Waals surface area (Å²) in [5.41, 5.74) is 4.68. The van der Waals surface area contributed by atoms with Gasteiger partial charge in [-0.3, -0.25) is 4.79 Å². The first kappa shape index (κ1) is 23.6. The van der Waals surface area contributed by atoms with E-state index in [9.17, 15) is 19.2 Å². The number of carbonyl (C=O) groups is 4. The van der Waals surface area contributed by atoms with Gasteiger partial charge in [-0.2, -0.15) is 0 Å². The van der Waals surface area contributed by atoms with Crippen molar-refractivity contribution in [1.29, 1.82) is 0 Å². The molecule has 0 aliphatic carbocycles. The Hall–Kier alpha value is -2.36.